The minimum atomic E-state index is -0.514. The molecule has 0 atom stereocenters. The van der Waals surface area contributed by atoms with E-state index >= 15 is 0 Å². The lowest BCUT2D eigenvalue weighted by molar-refractivity contribution is 0.168. The molecule has 5 nitrogen and oxygen atoms in total. The molecule has 0 aliphatic rings. The highest BCUT2D eigenvalue weighted by atomic mass is 16.5. The van der Waals surface area contributed by atoms with Gasteiger partial charge in [0.25, 0.3) is 0 Å². The van der Waals surface area contributed by atoms with Crippen LogP contribution in [0.4, 0.5) is 10.6 Å². The Morgan fingerprint density at radius 2 is 2.44 bits per heavy atom. The van der Waals surface area contributed by atoms with E-state index in [0.29, 0.717) is 18.0 Å². The highest BCUT2D eigenvalue weighted by molar-refractivity contribution is 5.88. The van der Waals surface area contributed by atoms with Crippen LogP contribution in [0.25, 0.3) is 11.0 Å². The summed E-state index contributed by atoms with van der Waals surface area (Å²) in [5.41, 5.74) is 1.50. The molecule has 2 rings (SSSR count). The van der Waals surface area contributed by atoms with Gasteiger partial charge in [-0.3, -0.25) is 5.32 Å². The van der Waals surface area contributed by atoms with E-state index in [2.05, 4.69) is 10.3 Å². The molecule has 84 valence electrons. The van der Waals surface area contributed by atoms with Gasteiger partial charge >= 0.3 is 6.09 Å². The molecule has 0 aromatic carbocycles. The minimum absolute atomic E-state index is 0.327. The predicted molar refractivity (Wildman–Crippen MR) is 59.4 cm³/mol. The van der Waals surface area contributed by atoms with E-state index in [0.717, 1.165) is 11.1 Å². The van der Waals surface area contributed by atoms with E-state index in [1.54, 1.807) is 19.3 Å². The van der Waals surface area contributed by atoms with Crippen LogP contribution in [0, 0.1) is 6.92 Å². The average molecular weight is 220 g/mol. The van der Waals surface area contributed by atoms with Gasteiger partial charge in [0.2, 0.25) is 0 Å². The Hall–Kier alpha value is -2.04. The highest BCUT2D eigenvalue weighted by Crippen LogP contribution is 2.21. The first-order valence-electron chi connectivity index (χ1n) is 4.99. The second kappa shape index (κ2) is 4.22. The Morgan fingerprint density at radius 3 is 3.19 bits per heavy atom. The number of furan rings is 1. The van der Waals surface area contributed by atoms with Gasteiger partial charge in [0.15, 0.2) is 0 Å². The first kappa shape index (κ1) is 10.5. The standard InChI is InChI=1S/C11H12N2O3/c1-3-15-11(14)13-10-6-9-8(4-5-16-9)7(2)12-10/h4-6H,3H2,1-2H3,(H,12,13,14). The van der Waals surface area contributed by atoms with Crippen molar-refractivity contribution < 1.29 is 13.9 Å². The van der Waals surface area contributed by atoms with E-state index in [4.69, 9.17) is 9.15 Å². The molecular weight excluding hydrogens is 208 g/mol. The van der Waals surface area contributed by atoms with Crippen LogP contribution < -0.4 is 5.32 Å². The van der Waals surface area contributed by atoms with Crippen molar-refractivity contribution in [1.29, 1.82) is 0 Å². The number of fused-ring (bicyclic) bond motifs is 1. The number of aromatic nitrogens is 1. The molecule has 1 amide bonds. The summed E-state index contributed by atoms with van der Waals surface area (Å²) in [5.74, 6) is 0.429. The van der Waals surface area contributed by atoms with Gasteiger partial charge in [0, 0.05) is 11.5 Å². The van der Waals surface area contributed by atoms with Crippen molar-refractivity contribution in [2.24, 2.45) is 0 Å². The number of carbonyl (C=O) groups is 1. The molecule has 0 fully saturated rings. The lowest BCUT2D eigenvalue weighted by atomic mass is 10.2. The Balaban J connectivity index is 2.28. The van der Waals surface area contributed by atoms with E-state index in [-0.39, 0.29) is 0 Å². The van der Waals surface area contributed by atoms with Crippen LogP contribution in [0.3, 0.4) is 0 Å². The Bertz CT molecular complexity index is 519. The summed E-state index contributed by atoms with van der Waals surface area (Å²) in [6, 6.07) is 3.51. The van der Waals surface area contributed by atoms with Crippen molar-refractivity contribution in [2.45, 2.75) is 13.8 Å². The van der Waals surface area contributed by atoms with Crippen molar-refractivity contribution in [3.63, 3.8) is 0 Å². The molecule has 16 heavy (non-hydrogen) atoms. The number of aryl methyl sites for hydroxylation is 1. The third-order valence-corrected chi connectivity index (χ3v) is 2.15. The monoisotopic (exact) mass is 220 g/mol. The first-order chi connectivity index (χ1) is 7.70. The van der Waals surface area contributed by atoms with Crippen LogP contribution in [-0.2, 0) is 4.74 Å². The number of carbonyl (C=O) groups excluding carboxylic acids is 1. The number of nitrogens with zero attached hydrogens (tertiary/aromatic N) is 1. The zero-order valence-corrected chi connectivity index (χ0v) is 9.11. The van der Waals surface area contributed by atoms with Crippen molar-refractivity contribution in [2.75, 3.05) is 11.9 Å². The fraction of sp³-hybridized carbons (Fsp3) is 0.273. The third-order valence-electron chi connectivity index (χ3n) is 2.15. The van der Waals surface area contributed by atoms with E-state index in [1.807, 2.05) is 13.0 Å². The molecule has 2 heterocycles. The normalized spacial score (nSPS) is 10.4. The lowest BCUT2D eigenvalue weighted by Gasteiger charge is -2.05. The van der Waals surface area contributed by atoms with Crippen LogP contribution in [-0.4, -0.2) is 17.7 Å². The quantitative estimate of drug-likeness (QED) is 0.845. The minimum Gasteiger partial charge on any atom is -0.464 e. The fourth-order valence-electron chi connectivity index (χ4n) is 1.46. The zero-order chi connectivity index (χ0) is 11.5. The number of pyridine rings is 1. The Kier molecular flexibility index (Phi) is 2.76. The van der Waals surface area contributed by atoms with Gasteiger partial charge < -0.3 is 9.15 Å². The van der Waals surface area contributed by atoms with Gasteiger partial charge in [0.1, 0.15) is 11.4 Å². The number of ether oxygens (including phenoxy) is 1. The second-order valence-electron chi connectivity index (χ2n) is 3.27. The smallest absolute Gasteiger partial charge is 0.412 e. The maximum atomic E-state index is 11.2. The topological polar surface area (TPSA) is 64.4 Å². The van der Waals surface area contributed by atoms with Crippen LogP contribution >= 0.6 is 0 Å². The zero-order valence-electron chi connectivity index (χ0n) is 9.11. The van der Waals surface area contributed by atoms with Gasteiger partial charge in [-0.25, -0.2) is 9.78 Å². The molecule has 0 saturated heterocycles. The number of anilines is 1. The SMILES string of the molecule is CCOC(=O)Nc1cc2occc2c(C)n1. The van der Waals surface area contributed by atoms with Crippen molar-refractivity contribution in [3.8, 4) is 0 Å². The molecule has 2 aromatic rings. The Labute approximate surface area is 92.4 Å². The largest absolute Gasteiger partial charge is 0.464 e. The molecule has 1 N–H and O–H groups in total. The Morgan fingerprint density at radius 1 is 1.62 bits per heavy atom. The number of nitrogens with one attached hydrogen (secondary N) is 1. The van der Waals surface area contributed by atoms with Crippen LogP contribution in [0.2, 0.25) is 0 Å². The molecule has 0 aliphatic carbocycles. The van der Waals surface area contributed by atoms with E-state index < -0.39 is 6.09 Å². The number of hydrogen-bond donors (Lipinski definition) is 1. The summed E-state index contributed by atoms with van der Waals surface area (Å²) in [6.45, 7) is 3.93. The number of hydrogen-bond acceptors (Lipinski definition) is 4. The molecule has 0 spiro atoms. The summed E-state index contributed by atoms with van der Waals surface area (Å²) in [6.07, 6.45) is 1.08. The summed E-state index contributed by atoms with van der Waals surface area (Å²) in [5, 5.41) is 3.47. The van der Waals surface area contributed by atoms with E-state index in [9.17, 15) is 4.79 Å². The highest BCUT2D eigenvalue weighted by Gasteiger charge is 2.08. The van der Waals surface area contributed by atoms with Crippen molar-refractivity contribution >= 4 is 22.9 Å². The third kappa shape index (κ3) is 1.98. The molecule has 0 bridgehead atoms. The van der Waals surface area contributed by atoms with Gasteiger partial charge in [-0.15, -0.1) is 0 Å². The molecular formula is C11H12N2O3. The van der Waals surface area contributed by atoms with Crippen LogP contribution in [0.1, 0.15) is 12.6 Å². The molecule has 0 unspecified atom stereocenters. The lowest BCUT2D eigenvalue weighted by Crippen LogP contribution is -2.14. The molecule has 0 radical (unpaired) electrons. The van der Waals surface area contributed by atoms with Gasteiger partial charge in [0.05, 0.1) is 18.6 Å². The molecule has 2 aromatic heterocycles. The van der Waals surface area contributed by atoms with Gasteiger partial charge in [-0.05, 0) is 19.9 Å². The summed E-state index contributed by atoms with van der Waals surface area (Å²) in [4.78, 5) is 15.4. The first-order valence-corrected chi connectivity index (χ1v) is 4.99. The van der Waals surface area contributed by atoms with Crippen LogP contribution in [0.5, 0.6) is 0 Å². The van der Waals surface area contributed by atoms with Gasteiger partial charge in [-0.1, -0.05) is 0 Å². The van der Waals surface area contributed by atoms with Crippen molar-refractivity contribution in [3.05, 3.63) is 24.1 Å². The summed E-state index contributed by atoms with van der Waals surface area (Å²) >= 11 is 0. The summed E-state index contributed by atoms with van der Waals surface area (Å²) < 4.78 is 10.0. The maximum absolute atomic E-state index is 11.2. The molecule has 0 aliphatic heterocycles. The van der Waals surface area contributed by atoms with Gasteiger partial charge in [-0.2, -0.15) is 0 Å². The molecule has 5 heteroatoms. The van der Waals surface area contributed by atoms with Crippen molar-refractivity contribution in [1.82, 2.24) is 4.98 Å². The predicted octanol–water partition coefficient (Wildman–Crippen LogP) is 2.70. The average Bonchev–Trinajstić information content (AvgIpc) is 2.66. The second-order valence-corrected chi connectivity index (χ2v) is 3.27. The number of rotatable bonds is 2. The molecule has 0 saturated carbocycles. The number of amides is 1. The maximum Gasteiger partial charge on any atom is 0.412 e. The van der Waals surface area contributed by atoms with Crippen LogP contribution in [0.15, 0.2) is 22.8 Å². The summed E-state index contributed by atoms with van der Waals surface area (Å²) in [7, 11) is 0. The fourth-order valence-corrected chi connectivity index (χ4v) is 1.46. The van der Waals surface area contributed by atoms with E-state index in [1.165, 1.54) is 0 Å².